The fourth-order valence-electron chi connectivity index (χ4n) is 2.57. The molecular weight excluding hydrogens is 194 g/mol. The van der Waals surface area contributed by atoms with Crippen molar-refractivity contribution in [2.24, 2.45) is 11.3 Å². The first kappa shape index (κ1) is 11.7. The van der Waals surface area contributed by atoms with Crippen molar-refractivity contribution < 1.29 is 0 Å². The van der Waals surface area contributed by atoms with Crippen molar-refractivity contribution >= 4 is 0 Å². The minimum absolute atomic E-state index is 0.394. The van der Waals surface area contributed by atoms with E-state index in [0.717, 1.165) is 5.92 Å². The van der Waals surface area contributed by atoms with Crippen LogP contribution in [-0.2, 0) is 6.42 Å². The minimum atomic E-state index is 0.394. The molecule has 1 aromatic rings. The first-order valence-electron chi connectivity index (χ1n) is 6.33. The molecule has 2 rings (SSSR count). The van der Waals surface area contributed by atoms with Crippen LogP contribution in [0.1, 0.15) is 32.8 Å². The van der Waals surface area contributed by atoms with Crippen LogP contribution < -0.4 is 5.32 Å². The van der Waals surface area contributed by atoms with Crippen molar-refractivity contribution in [2.75, 3.05) is 6.54 Å². The lowest BCUT2D eigenvalue weighted by Crippen LogP contribution is -2.34. The van der Waals surface area contributed by atoms with Gasteiger partial charge in [0.15, 0.2) is 0 Å². The molecule has 88 valence electrons. The second-order valence-corrected chi connectivity index (χ2v) is 6.12. The summed E-state index contributed by atoms with van der Waals surface area (Å²) in [5.74, 6) is 0.812. The third-order valence-electron chi connectivity index (χ3n) is 3.63. The highest BCUT2D eigenvalue weighted by Gasteiger charge is 2.32. The highest BCUT2D eigenvalue weighted by atomic mass is 15.0. The summed E-state index contributed by atoms with van der Waals surface area (Å²) in [6, 6.07) is 11.5. The molecule has 0 aromatic heterocycles. The van der Waals surface area contributed by atoms with Gasteiger partial charge in [-0.15, -0.1) is 0 Å². The van der Waals surface area contributed by atoms with E-state index in [2.05, 4.69) is 56.4 Å². The monoisotopic (exact) mass is 217 g/mol. The number of benzene rings is 1. The second kappa shape index (κ2) is 4.58. The van der Waals surface area contributed by atoms with Gasteiger partial charge in [0.2, 0.25) is 0 Å². The van der Waals surface area contributed by atoms with E-state index in [9.17, 15) is 0 Å². The molecule has 0 saturated carbocycles. The van der Waals surface area contributed by atoms with Crippen molar-refractivity contribution in [3.05, 3.63) is 35.9 Å². The van der Waals surface area contributed by atoms with Crippen LogP contribution in [0.4, 0.5) is 0 Å². The van der Waals surface area contributed by atoms with E-state index in [4.69, 9.17) is 0 Å². The standard InChI is InChI=1S/C15H23N/c1-15(2,3)14-10-13(11-16-14)9-12-7-5-4-6-8-12/h4-8,13-14,16H,9-11H2,1-3H3. The second-order valence-electron chi connectivity index (χ2n) is 6.12. The van der Waals surface area contributed by atoms with Gasteiger partial charge < -0.3 is 5.32 Å². The average molecular weight is 217 g/mol. The average Bonchev–Trinajstić information content (AvgIpc) is 2.67. The molecule has 1 aromatic carbocycles. The van der Waals surface area contributed by atoms with Crippen LogP contribution in [0.5, 0.6) is 0 Å². The SMILES string of the molecule is CC(C)(C)C1CC(Cc2ccccc2)CN1. The summed E-state index contributed by atoms with van der Waals surface area (Å²) in [7, 11) is 0. The van der Waals surface area contributed by atoms with Crippen LogP contribution in [0.25, 0.3) is 0 Å². The molecule has 0 amide bonds. The van der Waals surface area contributed by atoms with Crippen LogP contribution in [0.15, 0.2) is 30.3 Å². The quantitative estimate of drug-likeness (QED) is 0.802. The first-order chi connectivity index (χ1) is 7.55. The topological polar surface area (TPSA) is 12.0 Å². The molecule has 1 aliphatic heterocycles. The zero-order valence-electron chi connectivity index (χ0n) is 10.7. The lowest BCUT2D eigenvalue weighted by Gasteiger charge is -2.27. The molecule has 1 heterocycles. The molecule has 0 aliphatic carbocycles. The molecular formula is C15H23N. The van der Waals surface area contributed by atoms with E-state index in [0.29, 0.717) is 11.5 Å². The number of hydrogen-bond donors (Lipinski definition) is 1. The molecule has 1 heteroatoms. The number of nitrogens with one attached hydrogen (secondary N) is 1. The molecule has 0 spiro atoms. The predicted octanol–water partition coefficient (Wildman–Crippen LogP) is 3.25. The van der Waals surface area contributed by atoms with E-state index >= 15 is 0 Å². The van der Waals surface area contributed by atoms with E-state index in [1.807, 2.05) is 0 Å². The van der Waals surface area contributed by atoms with E-state index in [1.165, 1.54) is 24.9 Å². The molecule has 0 bridgehead atoms. The highest BCUT2D eigenvalue weighted by Crippen LogP contribution is 2.30. The Labute approximate surface area is 99.3 Å². The van der Waals surface area contributed by atoms with Crippen LogP contribution in [0.3, 0.4) is 0 Å². The maximum Gasteiger partial charge on any atom is 0.0119 e. The summed E-state index contributed by atoms with van der Waals surface area (Å²) < 4.78 is 0. The first-order valence-corrected chi connectivity index (χ1v) is 6.33. The third kappa shape index (κ3) is 2.85. The fraction of sp³-hybridized carbons (Fsp3) is 0.600. The molecule has 1 fully saturated rings. The van der Waals surface area contributed by atoms with Crippen LogP contribution in [0.2, 0.25) is 0 Å². The van der Waals surface area contributed by atoms with Crippen LogP contribution >= 0.6 is 0 Å². The van der Waals surface area contributed by atoms with Crippen LogP contribution in [0, 0.1) is 11.3 Å². The van der Waals surface area contributed by atoms with Gasteiger partial charge in [-0.05, 0) is 36.3 Å². The van der Waals surface area contributed by atoms with Gasteiger partial charge in [0, 0.05) is 6.04 Å². The molecule has 2 atom stereocenters. The van der Waals surface area contributed by atoms with Gasteiger partial charge in [-0.1, -0.05) is 51.1 Å². The van der Waals surface area contributed by atoms with Crippen molar-refractivity contribution in [2.45, 2.75) is 39.7 Å². The minimum Gasteiger partial charge on any atom is -0.313 e. The summed E-state index contributed by atoms with van der Waals surface area (Å²) in [5, 5.41) is 3.67. The van der Waals surface area contributed by atoms with Crippen molar-refractivity contribution in [1.82, 2.24) is 5.32 Å². The van der Waals surface area contributed by atoms with Crippen molar-refractivity contribution in [3.8, 4) is 0 Å². The Bertz CT molecular complexity index is 323. The normalized spacial score (nSPS) is 25.9. The maximum absolute atomic E-state index is 3.67. The van der Waals surface area contributed by atoms with E-state index in [-0.39, 0.29) is 0 Å². The van der Waals surface area contributed by atoms with Gasteiger partial charge in [0.05, 0.1) is 0 Å². The third-order valence-corrected chi connectivity index (χ3v) is 3.63. The Morgan fingerprint density at radius 1 is 1.19 bits per heavy atom. The Morgan fingerprint density at radius 3 is 2.44 bits per heavy atom. The molecule has 1 N–H and O–H groups in total. The Kier molecular flexibility index (Phi) is 3.34. The summed E-state index contributed by atoms with van der Waals surface area (Å²) in [4.78, 5) is 0. The molecule has 1 nitrogen and oxygen atoms in total. The number of hydrogen-bond acceptors (Lipinski definition) is 1. The van der Waals surface area contributed by atoms with Gasteiger partial charge in [-0.2, -0.15) is 0 Å². The molecule has 0 radical (unpaired) electrons. The summed E-state index contributed by atoms with van der Waals surface area (Å²) in [6.45, 7) is 8.16. The summed E-state index contributed by atoms with van der Waals surface area (Å²) in [6.07, 6.45) is 2.54. The smallest absolute Gasteiger partial charge is 0.0119 e. The summed E-state index contributed by atoms with van der Waals surface area (Å²) >= 11 is 0. The lowest BCUT2D eigenvalue weighted by molar-refractivity contribution is 0.290. The van der Waals surface area contributed by atoms with Gasteiger partial charge in [0.25, 0.3) is 0 Å². The number of rotatable bonds is 2. The zero-order valence-corrected chi connectivity index (χ0v) is 10.7. The zero-order chi connectivity index (χ0) is 11.6. The molecule has 2 unspecified atom stereocenters. The lowest BCUT2D eigenvalue weighted by atomic mass is 9.83. The highest BCUT2D eigenvalue weighted by molar-refractivity contribution is 5.15. The maximum atomic E-state index is 3.67. The van der Waals surface area contributed by atoms with Gasteiger partial charge in [-0.3, -0.25) is 0 Å². The van der Waals surface area contributed by atoms with E-state index in [1.54, 1.807) is 0 Å². The Balaban J connectivity index is 1.91. The molecule has 1 aliphatic rings. The van der Waals surface area contributed by atoms with Gasteiger partial charge in [0.1, 0.15) is 0 Å². The Morgan fingerprint density at radius 2 is 1.88 bits per heavy atom. The fourth-order valence-corrected chi connectivity index (χ4v) is 2.57. The van der Waals surface area contributed by atoms with Gasteiger partial charge >= 0.3 is 0 Å². The van der Waals surface area contributed by atoms with Gasteiger partial charge in [-0.25, -0.2) is 0 Å². The largest absolute Gasteiger partial charge is 0.313 e. The molecule has 16 heavy (non-hydrogen) atoms. The molecule has 1 saturated heterocycles. The van der Waals surface area contributed by atoms with Crippen molar-refractivity contribution in [3.63, 3.8) is 0 Å². The Hall–Kier alpha value is -0.820. The summed E-state index contributed by atoms with van der Waals surface area (Å²) in [5.41, 5.74) is 1.87. The van der Waals surface area contributed by atoms with Crippen molar-refractivity contribution in [1.29, 1.82) is 0 Å². The van der Waals surface area contributed by atoms with E-state index < -0.39 is 0 Å². The van der Waals surface area contributed by atoms with Crippen LogP contribution in [-0.4, -0.2) is 12.6 Å². The predicted molar refractivity (Wildman–Crippen MR) is 69.5 cm³/mol.